The van der Waals surface area contributed by atoms with E-state index in [1.54, 1.807) is 13.0 Å². The van der Waals surface area contributed by atoms with Crippen LogP contribution in [0.5, 0.6) is 0 Å². The van der Waals surface area contributed by atoms with Crippen LogP contribution in [-0.2, 0) is 9.84 Å². The summed E-state index contributed by atoms with van der Waals surface area (Å²) in [6.45, 7) is 2.13. The lowest BCUT2D eigenvalue weighted by Gasteiger charge is -2.26. The Morgan fingerprint density at radius 1 is 1.30 bits per heavy atom. The average molecular weight is 395 g/mol. The Morgan fingerprint density at radius 2 is 2.07 bits per heavy atom. The average Bonchev–Trinajstić information content (AvgIpc) is 2.98. The van der Waals surface area contributed by atoms with Gasteiger partial charge in [-0.1, -0.05) is 0 Å². The van der Waals surface area contributed by atoms with Gasteiger partial charge in [-0.15, -0.1) is 0 Å². The van der Waals surface area contributed by atoms with Crippen LogP contribution in [-0.4, -0.2) is 48.3 Å². The van der Waals surface area contributed by atoms with Crippen LogP contribution in [0.25, 0.3) is 0 Å². The third-order valence-electron chi connectivity index (χ3n) is 4.44. The van der Waals surface area contributed by atoms with Gasteiger partial charge in [0, 0.05) is 30.5 Å². The molecule has 1 amide bonds. The van der Waals surface area contributed by atoms with Crippen LogP contribution < -0.4 is 5.32 Å². The van der Waals surface area contributed by atoms with E-state index in [-0.39, 0.29) is 34.8 Å². The molecule has 27 heavy (non-hydrogen) atoms. The lowest BCUT2D eigenvalue weighted by atomic mass is 10.2. The van der Waals surface area contributed by atoms with E-state index in [1.807, 2.05) is 0 Å². The Balaban J connectivity index is 1.80. The first-order valence-corrected chi connectivity index (χ1v) is 10.3. The third kappa shape index (κ3) is 4.41. The molecule has 1 unspecified atom stereocenters. The number of aromatic nitrogens is 1. The molecule has 1 fully saturated rings. The van der Waals surface area contributed by atoms with Gasteiger partial charge in [0.1, 0.15) is 17.3 Å². The zero-order chi connectivity index (χ0) is 19.6. The Kier molecular flexibility index (Phi) is 5.41. The number of nitrogens with zero attached hydrogens (tertiary/aromatic N) is 2. The van der Waals surface area contributed by atoms with Crippen LogP contribution in [0, 0.1) is 11.6 Å². The first-order chi connectivity index (χ1) is 12.8. The molecule has 0 bridgehead atoms. The van der Waals surface area contributed by atoms with E-state index in [0.717, 1.165) is 12.1 Å². The summed E-state index contributed by atoms with van der Waals surface area (Å²) in [5, 5.41) is 2.79. The third-order valence-corrected chi connectivity index (χ3v) is 6.19. The second-order valence-electron chi connectivity index (χ2n) is 6.33. The molecular formula is C18H19F2N3O3S. The van der Waals surface area contributed by atoms with E-state index in [4.69, 9.17) is 0 Å². The molecule has 0 aliphatic carbocycles. The standard InChI is InChI=1S/C18H19F2N3O3S/c1-2-23(14-6-8-27(25,26)11-14)18(24)17-10-13(5-7-21-17)22-16-4-3-12(19)9-15(16)20/h3-5,7,9-10,14H,2,6,8,11H2,1H3,(H,21,22). The zero-order valence-corrected chi connectivity index (χ0v) is 15.5. The van der Waals surface area contributed by atoms with Gasteiger partial charge in [-0.25, -0.2) is 17.2 Å². The number of amides is 1. The van der Waals surface area contributed by atoms with Crippen LogP contribution in [0.2, 0.25) is 0 Å². The van der Waals surface area contributed by atoms with Crippen LogP contribution in [0.1, 0.15) is 23.8 Å². The smallest absolute Gasteiger partial charge is 0.272 e. The van der Waals surface area contributed by atoms with Crippen molar-refractivity contribution < 1.29 is 22.0 Å². The largest absolute Gasteiger partial charge is 0.353 e. The summed E-state index contributed by atoms with van der Waals surface area (Å²) in [6, 6.07) is 5.77. The minimum atomic E-state index is -3.12. The second-order valence-corrected chi connectivity index (χ2v) is 8.56. The Bertz CT molecular complexity index is 966. The van der Waals surface area contributed by atoms with Gasteiger partial charge < -0.3 is 10.2 Å². The van der Waals surface area contributed by atoms with Crippen molar-refractivity contribution in [1.82, 2.24) is 9.88 Å². The molecule has 0 spiro atoms. The number of anilines is 2. The van der Waals surface area contributed by atoms with Crippen LogP contribution in [0.3, 0.4) is 0 Å². The van der Waals surface area contributed by atoms with Crippen molar-refractivity contribution in [3.63, 3.8) is 0 Å². The van der Waals surface area contributed by atoms with E-state index in [0.29, 0.717) is 18.7 Å². The molecule has 1 atom stereocenters. The highest BCUT2D eigenvalue weighted by Gasteiger charge is 2.34. The van der Waals surface area contributed by atoms with Crippen LogP contribution >= 0.6 is 0 Å². The lowest BCUT2D eigenvalue weighted by Crippen LogP contribution is -2.41. The SMILES string of the molecule is CCN(C(=O)c1cc(Nc2ccc(F)cc2F)ccn1)C1CCS(=O)(=O)C1. The maximum Gasteiger partial charge on any atom is 0.272 e. The van der Waals surface area contributed by atoms with Crippen molar-refractivity contribution >= 4 is 27.1 Å². The minimum absolute atomic E-state index is 0.0503. The summed E-state index contributed by atoms with van der Waals surface area (Å²) in [6.07, 6.45) is 1.80. The number of hydrogen-bond acceptors (Lipinski definition) is 5. The van der Waals surface area contributed by atoms with E-state index in [2.05, 4.69) is 10.3 Å². The first kappa shape index (κ1) is 19.2. The molecule has 6 nitrogen and oxygen atoms in total. The van der Waals surface area contributed by atoms with E-state index in [9.17, 15) is 22.0 Å². The zero-order valence-electron chi connectivity index (χ0n) is 14.7. The minimum Gasteiger partial charge on any atom is -0.353 e. The number of sulfone groups is 1. The Morgan fingerprint density at radius 3 is 2.70 bits per heavy atom. The number of carbonyl (C=O) groups is 1. The van der Waals surface area contributed by atoms with Gasteiger partial charge >= 0.3 is 0 Å². The molecule has 9 heteroatoms. The van der Waals surface area contributed by atoms with Crippen molar-refractivity contribution in [2.45, 2.75) is 19.4 Å². The second kappa shape index (κ2) is 7.59. The summed E-state index contributed by atoms with van der Waals surface area (Å²) in [4.78, 5) is 18.4. The topological polar surface area (TPSA) is 79.4 Å². The summed E-state index contributed by atoms with van der Waals surface area (Å²) < 4.78 is 50.2. The molecule has 1 saturated heterocycles. The molecule has 1 aliphatic rings. The molecule has 1 aromatic heterocycles. The number of rotatable bonds is 5. The fourth-order valence-electron chi connectivity index (χ4n) is 3.11. The fraction of sp³-hybridized carbons (Fsp3) is 0.333. The van der Waals surface area contributed by atoms with Crippen molar-refractivity contribution in [2.24, 2.45) is 0 Å². The normalized spacial score (nSPS) is 18.3. The fourth-order valence-corrected chi connectivity index (χ4v) is 4.84. The van der Waals surface area contributed by atoms with Crippen molar-refractivity contribution in [2.75, 3.05) is 23.4 Å². The molecular weight excluding hydrogens is 376 g/mol. The maximum atomic E-state index is 13.8. The maximum absolute atomic E-state index is 13.8. The first-order valence-electron chi connectivity index (χ1n) is 8.48. The highest BCUT2D eigenvalue weighted by molar-refractivity contribution is 7.91. The quantitative estimate of drug-likeness (QED) is 0.842. The summed E-state index contributed by atoms with van der Waals surface area (Å²) in [7, 11) is -3.12. The number of benzene rings is 1. The molecule has 2 heterocycles. The molecule has 1 aromatic carbocycles. The molecule has 144 valence electrons. The number of halogens is 2. The summed E-state index contributed by atoms with van der Waals surface area (Å²) in [5.74, 6) is -1.81. The Labute approximate surface area is 156 Å². The summed E-state index contributed by atoms with van der Waals surface area (Å²) in [5.41, 5.74) is 0.595. The van der Waals surface area contributed by atoms with E-state index < -0.39 is 21.5 Å². The van der Waals surface area contributed by atoms with E-state index >= 15 is 0 Å². The van der Waals surface area contributed by atoms with Gasteiger partial charge in [0.2, 0.25) is 0 Å². The van der Waals surface area contributed by atoms with Gasteiger partial charge in [0.25, 0.3) is 5.91 Å². The number of carbonyl (C=O) groups excluding carboxylic acids is 1. The number of pyridine rings is 1. The van der Waals surface area contributed by atoms with Gasteiger partial charge in [0.15, 0.2) is 9.84 Å². The molecule has 3 rings (SSSR count). The summed E-state index contributed by atoms with van der Waals surface area (Å²) >= 11 is 0. The van der Waals surface area contributed by atoms with Gasteiger partial charge in [0.05, 0.1) is 17.2 Å². The van der Waals surface area contributed by atoms with Crippen LogP contribution in [0.15, 0.2) is 36.5 Å². The predicted octanol–water partition coefficient (Wildman–Crippen LogP) is 2.75. The highest BCUT2D eigenvalue weighted by Crippen LogP contribution is 2.23. The van der Waals surface area contributed by atoms with Crippen molar-refractivity contribution in [1.29, 1.82) is 0 Å². The van der Waals surface area contributed by atoms with Gasteiger partial charge in [-0.2, -0.15) is 0 Å². The Hall–Kier alpha value is -2.55. The van der Waals surface area contributed by atoms with E-state index in [1.165, 1.54) is 23.2 Å². The lowest BCUT2D eigenvalue weighted by molar-refractivity contribution is 0.0702. The highest BCUT2D eigenvalue weighted by atomic mass is 32.2. The molecule has 1 N–H and O–H groups in total. The molecule has 2 aromatic rings. The van der Waals surface area contributed by atoms with Crippen LogP contribution in [0.4, 0.5) is 20.2 Å². The van der Waals surface area contributed by atoms with Crippen molar-refractivity contribution in [3.05, 3.63) is 53.9 Å². The predicted molar refractivity (Wildman–Crippen MR) is 97.6 cm³/mol. The molecule has 0 radical (unpaired) electrons. The molecule has 1 aliphatic heterocycles. The van der Waals surface area contributed by atoms with Gasteiger partial charge in [-0.05, 0) is 37.6 Å². The monoisotopic (exact) mass is 395 g/mol. The molecule has 0 saturated carbocycles. The van der Waals surface area contributed by atoms with Crippen molar-refractivity contribution in [3.8, 4) is 0 Å². The number of nitrogens with one attached hydrogen (secondary N) is 1. The number of hydrogen-bond donors (Lipinski definition) is 1. The van der Waals surface area contributed by atoms with Gasteiger partial charge in [-0.3, -0.25) is 9.78 Å².